The van der Waals surface area contributed by atoms with E-state index in [0.29, 0.717) is 0 Å². The summed E-state index contributed by atoms with van der Waals surface area (Å²) < 4.78 is 0. The second kappa shape index (κ2) is 2.06. The van der Waals surface area contributed by atoms with Crippen molar-refractivity contribution in [2.24, 2.45) is 10.7 Å². The van der Waals surface area contributed by atoms with Crippen LogP contribution in [0.2, 0.25) is 0 Å². The lowest BCUT2D eigenvalue weighted by atomic mass is 10.4. The van der Waals surface area contributed by atoms with Gasteiger partial charge in [-0.15, -0.1) is 0 Å². The highest BCUT2D eigenvalue weighted by atomic mass is 16.3. The Morgan fingerprint density at radius 3 is 3.00 bits per heavy atom. The number of nitrogens with zero attached hydrogens (tertiary/aromatic N) is 1. The second-order valence-electron chi connectivity index (χ2n) is 1.90. The summed E-state index contributed by atoms with van der Waals surface area (Å²) >= 11 is 0. The summed E-state index contributed by atoms with van der Waals surface area (Å²) in [7, 11) is 0. The summed E-state index contributed by atoms with van der Waals surface area (Å²) in [5.41, 5.74) is 6.14. The molecule has 1 rings (SSSR count). The summed E-state index contributed by atoms with van der Waals surface area (Å²) in [4.78, 5) is 3.60. The average Bonchev–Trinajstić information content (AvgIpc) is 1.59. The molecule has 1 atom stereocenters. The van der Waals surface area contributed by atoms with Crippen molar-refractivity contribution in [3.8, 4) is 0 Å². The lowest BCUT2D eigenvalue weighted by molar-refractivity contribution is 0.514. The molecule has 4 nitrogen and oxygen atoms in total. The highest BCUT2D eigenvalue weighted by Gasteiger charge is 2.05. The van der Waals surface area contributed by atoms with Crippen LogP contribution in [0.15, 0.2) is 16.8 Å². The molecule has 0 amide bonds. The lowest BCUT2D eigenvalue weighted by Gasteiger charge is -2.14. The zero-order valence-corrected chi connectivity index (χ0v) is 5.13. The van der Waals surface area contributed by atoms with Gasteiger partial charge in [0.25, 0.3) is 0 Å². The van der Waals surface area contributed by atoms with Crippen molar-refractivity contribution in [1.82, 2.24) is 5.32 Å². The Balaban J connectivity index is 2.74. The summed E-state index contributed by atoms with van der Waals surface area (Å²) in [6.07, 6.45) is 1.03. The molecular weight excluding hydrogens is 118 g/mol. The fraction of sp³-hybridized carbons (Fsp3) is 0.400. The van der Waals surface area contributed by atoms with Gasteiger partial charge in [0, 0.05) is 11.8 Å². The van der Waals surface area contributed by atoms with Crippen LogP contribution in [0.5, 0.6) is 0 Å². The monoisotopic (exact) mass is 127 g/mol. The number of nitrogens with one attached hydrogen (secondary N) is 1. The predicted octanol–water partition coefficient (Wildman–Crippen LogP) is -0.308. The number of aliphatic hydroxyl groups excluding tert-OH is 1. The van der Waals surface area contributed by atoms with Crippen molar-refractivity contribution in [2.45, 2.75) is 13.2 Å². The first kappa shape index (κ1) is 6.10. The van der Waals surface area contributed by atoms with Crippen LogP contribution in [-0.4, -0.2) is 17.3 Å². The van der Waals surface area contributed by atoms with Crippen molar-refractivity contribution >= 4 is 5.90 Å². The molecule has 1 aliphatic rings. The molecule has 0 aromatic carbocycles. The minimum atomic E-state index is -0.491. The Morgan fingerprint density at radius 2 is 2.56 bits per heavy atom. The fourth-order valence-corrected chi connectivity index (χ4v) is 0.681. The van der Waals surface area contributed by atoms with Gasteiger partial charge in [0.2, 0.25) is 5.90 Å². The predicted molar refractivity (Wildman–Crippen MR) is 34.9 cm³/mol. The number of hydrogen-bond acceptors (Lipinski definition) is 3. The Labute approximate surface area is 53.1 Å². The Bertz CT molecular complexity index is 173. The van der Waals surface area contributed by atoms with E-state index in [4.69, 9.17) is 10.8 Å². The number of aliphatic hydroxyl groups is 1. The van der Waals surface area contributed by atoms with Crippen LogP contribution in [0.1, 0.15) is 6.92 Å². The molecule has 0 aromatic heterocycles. The second-order valence-corrected chi connectivity index (χ2v) is 1.90. The molecule has 0 saturated heterocycles. The zero-order valence-electron chi connectivity index (χ0n) is 5.13. The van der Waals surface area contributed by atoms with E-state index in [1.807, 2.05) is 6.92 Å². The van der Waals surface area contributed by atoms with Crippen LogP contribution >= 0.6 is 0 Å². The third kappa shape index (κ3) is 1.43. The Hall–Kier alpha value is -1.03. The number of hydrogen-bond donors (Lipinski definition) is 3. The maximum atomic E-state index is 8.80. The molecular formula is C5H9N3O. The Kier molecular flexibility index (Phi) is 1.40. The number of rotatable bonds is 0. The van der Waals surface area contributed by atoms with Gasteiger partial charge in [0.15, 0.2) is 6.29 Å². The molecule has 1 unspecified atom stereocenters. The number of aliphatic imine (C=N–C) groups is 1. The van der Waals surface area contributed by atoms with E-state index in [9.17, 15) is 0 Å². The van der Waals surface area contributed by atoms with Gasteiger partial charge in [-0.2, -0.15) is 0 Å². The molecule has 0 saturated carbocycles. The molecule has 4 heteroatoms. The van der Waals surface area contributed by atoms with Crippen LogP contribution in [0.3, 0.4) is 0 Å². The maximum absolute atomic E-state index is 8.80. The van der Waals surface area contributed by atoms with E-state index in [1.165, 1.54) is 6.08 Å². The van der Waals surface area contributed by atoms with Gasteiger partial charge in [0.1, 0.15) is 0 Å². The Morgan fingerprint density at radius 1 is 1.89 bits per heavy atom. The third-order valence-electron chi connectivity index (χ3n) is 0.993. The van der Waals surface area contributed by atoms with Gasteiger partial charge in [-0.3, -0.25) is 5.73 Å². The molecule has 1 aliphatic heterocycles. The largest absolute Gasteiger partial charge is 0.493 e. The van der Waals surface area contributed by atoms with E-state index in [2.05, 4.69) is 10.3 Å². The van der Waals surface area contributed by atoms with Crippen LogP contribution < -0.4 is 11.1 Å². The van der Waals surface area contributed by atoms with Crippen molar-refractivity contribution in [2.75, 3.05) is 0 Å². The van der Waals surface area contributed by atoms with Gasteiger partial charge in [0.05, 0.1) is 0 Å². The van der Waals surface area contributed by atoms with Gasteiger partial charge >= 0.3 is 0 Å². The van der Waals surface area contributed by atoms with E-state index in [0.717, 1.165) is 5.70 Å². The quantitative estimate of drug-likeness (QED) is 0.418. The van der Waals surface area contributed by atoms with Gasteiger partial charge in [-0.05, 0) is 6.92 Å². The van der Waals surface area contributed by atoms with Crippen molar-refractivity contribution in [3.05, 3.63) is 11.8 Å². The molecule has 0 fully saturated rings. The highest BCUT2D eigenvalue weighted by Crippen LogP contribution is 1.95. The molecule has 9 heavy (non-hydrogen) atoms. The molecule has 0 bridgehead atoms. The first-order valence-electron chi connectivity index (χ1n) is 2.65. The van der Waals surface area contributed by atoms with Crippen molar-refractivity contribution < 1.29 is 5.11 Å². The minimum absolute atomic E-state index is 0.0150. The molecule has 0 radical (unpaired) electrons. The topological polar surface area (TPSA) is 70.6 Å². The van der Waals surface area contributed by atoms with Crippen molar-refractivity contribution in [1.29, 1.82) is 0 Å². The van der Waals surface area contributed by atoms with Crippen LogP contribution in [0.4, 0.5) is 0 Å². The summed E-state index contributed by atoms with van der Waals surface area (Å²) in [5, 5.41) is 11.6. The smallest absolute Gasteiger partial charge is 0.211 e. The van der Waals surface area contributed by atoms with Crippen LogP contribution in [0.25, 0.3) is 0 Å². The summed E-state index contributed by atoms with van der Waals surface area (Å²) in [6, 6.07) is 0. The first-order valence-corrected chi connectivity index (χ1v) is 2.65. The molecule has 0 aromatic rings. The summed E-state index contributed by atoms with van der Waals surface area (Å²) in [6.45, 7) is 1.81. The van der Waals surface area contributed by atoms with Crippen molar-refractivity contribution in [3.63, 3.8) is 0 Å². The molecule has 50 valence electrons. The first-order chi connectivity index (χ1) is 4.18. The van der Waals surface area contributed by atoms with Crippen LogP contribution in [0, 0.1) is 0 Å². The number of allylic oxidation sites excluding steroid dienone is 1. The van der Waals surface area contributed by atoms with E-state index >= 15 is 0 Å². The standard InChI is InChI=1S/C5H9N3O/c1-3-2-4(9)8-5(6)7-3/h2,5,7H,6H2,1H3,(H,8,9). The normalized spacial score (nSPS) is 26.2. The molecule has 1 heterocycles. The molecule has 4 N–H and O–H groups in total. The van der Waals surface area contributed by atoms with Gasteiger partial charge in [-0.1, -0.05) is 0 Å². The zero-order chi connectivity index (χ0) is 6.85. The fourth-order valence-electron chi connectivity index (χ4n) is 0.681. The van der Waals surface area contributed by atoms with E-state index in [-0.39, 0.29) is 5.90 Å². The minimum Gasteiger partial charge on any atom is -0.493 e. The third-order valence-corrected chi connectivity index (χ3v) is 0.993. The molecule has 0 aliphatic carbocycles. The highest BCUT2D eigenvalue weighted by molar-refractivity contribution is 5.87. The van der Waals surface area contributed by atoms with Crippen LogP contribution in [-0.2, 0) is 0 Å². The lowest BCUT2D eigenvalue weighted by Crippen LogP contribution is -2.37. The summed E-state index contributed by atoms with van der Waals surface area (Å²) in [5.74, 6) is -0.0150. The van der Waals surface area contributed by atoms with E-state index in [1.54, 1.807) is 0 Å². The maximum Gasteiger partial charge on any atom is 0.211 e. The average molecular weight is 127 g/mol. The molecule has 0 spiro atoms. The SMILES string of the molecule is CC1=CC(O)=NC(N)N1. The van der Waals surface area contributed by atoms with Gasteiger partial charge in [-0.25, -0.2) is 4.99 Å². The van der Waals surface area contributed by atoms with E-state index < -0.39 is 6.29 Å². The number of nitrogens with two attached hydrogens (primary N) is 1. The van der Waals surface area contributed by atoms with Gasteiger partial charge < -0.3 is 10.4 Å².